The normalized spacial score (nSPS) is 11.6. The maximum Gasteiger partial charge on any atom is 0.416 e. The molecular weight excluding hydrogens is 491 g/mol. The van der Waals surface area contributed by atoms with Gasteiger partial charge >= 0.3 is 12.3 Å². The maximum absolute atomic E-state index is 12.9. The minimum atomic E-state index is -4.46. The summed E-state index contributed by atoms with van der Waals surface area (Å²) in [6, 6.07) is 7.45. The van der Waals surface area contributed by atoms with Gasteiger partial charge in [-0.25, -0.2) is 9.78 Å². The van der Waals surface area contributed by atoms with Gasteiger partial charge in [-0.05, 0) is 63.6 Å². The molecule has 0 saturated heterocycles. The fourth-order valence-corrected chi connectivity index (χ4v) is 3.12. The van der Waals surface area contributed by atoms with Crippen LogP contribution in [0.25, 0.3) is 11.3 Å². The lowest BCUT2D eigenvalue weighted by Crippen LogP contribution is -2.34. The molecule has 2 amide bonds. The van der Waals surface area contributed by atoms with Crippen LogP contribution in [0.1, 0.15) is 43.1 Å². The van der Waals surface area contributed by atoms with Crippen molar-refractivity contribution >= 4 is 12.0 Å². The van der Waals surface area contributed by atoms with Gasteiger partial charge in [0.2, 0.25) is 5.88 Å². The molecule has 0 bridgehead atoms. The van der Waals surface area contributed by atoms with Gasteiger partial charge in [0.05, 0.1) is 22.4 Å². The standard InChI is InChI=1S/C25H28F3N5O4/c1-24(2,3)37-23(35)30-12-5-11-29-21(34)16-14-19(20-10-13-33(4)32-20)22(31-15-16)36-18-8-6-17(7-9-18)25(26,27)28/h6-10,13-15H,5,11-12H2,1-4H3,(H,29,34)(H,30,35). The monoisotopic (exact) mass is 519 g/mol. The zero-order valence-corrected chi connectivity index (χ0v) is 20.8. The van der Waals surface area contributed by atoms with Gasteiger partial charge in [0.25, 0.3) is 5.91 Å². The van der Waals surface area contributed by atoms with E-state index in [1.54, 1.807) is 50.8 Å². The molecule has 2 heterocycles. The highest BCUT2D eigenvalue weighted by Crippen LogP contribution is 2.34. The average Bonchev–Trinajstić information content (AvgIpc) is 3.23. The van der Waals surface area contributed by atoms with Gasteiger partial charge < -0.3 is 20.1 Å². The van der Waals surface area contributed by atoms with Crippen molar-refractivity contribution in [3.8, 4) is 22.9 Å². The number of amides is 2. The number of aryl methyl sites for hydroxylation is 1. The second kappa shape index (κ2) is 11.3. The predicted octanol–water partition coefficient (Wildman–Crippen LogP) is 4.94. The molecule has 37 heavy (non-hydrogen) atoms. The SMILES string of the molecule is Cn1ccc(-c2cc(C(=O)NCCCNC(=O)OC(C)(C)C)cnc2Oc2ccc(C(F)(F)F)cc2)n1. The Morgan fingerprint density at radius 1 is 1.03 bits per heavy atom. The Bertz CT molecular complexity index is 1230. The summed E-state index contributed by atoms with van der Waals surface area (Å²) in [4.78, 5) is 28.6. The Morgan fingerprint density at radius 3 is 2.30 bits per heavy atom. The number of carbonyl (C=O) groups is 2. The van der Waals surface area contributed by atoms with Crippen LogP contribution in [0, 0.1) is 0 Å². The Balaban J connectivity index is 1.67. The van der Waals surface area contributed by atoms with Crippen molar-refractivity contribution < 1.29 is 32.2 Å². The van der Waals surface area contributed by atoms with Crippen LogP contribution in [-0.4, -0.2) is 45.5 Å². The molecule has 0 aliphatic carbocycles. The van der Waals surface area contributed by atoms with E-state index in [4.69, 9.17) is 9.47 Å². The number of ether oxygens (including phenoxy) is 2. The summed E-state index contributed by atoms with van der Waals surface area (Å²) in [5.41, 5.74) is -0.307. The minimum absolute atomic E-state index is 0.0802. The fourth-order valence-electron chi connectivity index (χ4n) is 3.12. The van der Waals surface area contributed by atoms with E-state index in [1.807, 2.05) is 0 Å². The first-order valence-corrected chi connectivity index (χ1v) is 11.4. The zero-order valence-electron chi connectivity index (χ0n) is 20.8. The molecule has 0 radical (unpaired) electrons. The van der Waals surface area contributed by atoms with Gasteiger partial charge in [-0.1, -0.05) is 0 Å². The van der Waals surface area contributed by atoms with Crippen LogP contribution in [0.15, 0.2) is 48.8 Å². The van der Waals surface area contributed by atoms with Crippen molar-refractivity contribution in [2.24, 2.45) is 7.05 Å². The van der Waals surface area contributed by atoms with Crippen LogP contribution in [-0.2, 0) is 18.0 Å². The number of rotatable bonds is 8. The van der Waals surface area contributed by atoms with Crippen molar-refractivity contribution in [2.75, 3.05) is 13.1 Å². The number of aromatic nitrogens is 3. The lowest BCUT2D eigenvalue weighted by molar-refractivity contribution is -0.137. The summed E-state index contributed by atoms with van der Waals surface area (Å²) in [6.45, 7) is 5.89. The first kappa shape index (κ1) is 27.5. The van der Waals surface area contributed by atoms with Gasteiger partial charge in [-0.3, -0.25) is 9.48 Å². The molecule has 0 aliphatic heterocycles. The van der Waals surface area contributed by atoms with Crippen molar-refractivity contribution in [2.45, 2.75) is 39.0 Å². The maximum atomic E-state index is 12.9. The van der Waals surface area contributed by atoms with E-state index >= 15 is 0 Å². The third-order valence-electron chi connectivity index (χ3n) is 4.81. The first-order valence-electron chi connectivity index (χ1n) is 11.4. The fraction of sp³-hybridized carbons (Fsp3) is 0.360. The second-order valence-electron chi connectivity index (χ2n) is 9.11. The van der Waals surface area contributed by atoms with E-state index in [0.29, 0.717) is 24.2 Å². The summed E-state index contributed by atoms with van der Waals surface area (Å²) in [5.74, 6) is -0.174. The van der Waals surface area contributed by atoms with E-state index < -0.39 is 29.3 Å². The van der Waals surface area contributed by atoms with Crippen LogP contribution in [0.5, 0.6) is 11.6 Å². The van der Waals surface area contributed by atoms with Crippen LogP contribution in [0.2, 0.25) is 0 Å². The van der Waals surface area contributed by atoms with E-state index in [2.05, 4.69) is 20.7 Å². The smallest absolute Gasteiger partial charge is 0.416 e. The topological polar surface area (TPSA) is 107 Å². The van der Waals surface area contributed by atoms with E-state index in [-0.39, 0.29) is 23.7 Å². The zero-order chi connectivity index (χ0) is 27.2. The number of alkyl halides is 3. The summed E-state index contributed by atoms with van der Waals surface area (Å²) >= 11 is 0. The van der Waals surface area contributed by atoms with Crippen molar-refractivity contribution in [1.29, 1.82) is 0 Å². The number of halogens is 3. The van der Waals surface area contributed by atoms with E-state index in [1.165, 1.54) is 18.3 Å². The second-order valence-corrected chi connectivity index (χ2v) is 9.11. The first-order chi connectivity index (χ1) is 17.3. The molecule has 12 heteroatoms. The van der Waals surface area contributed by atoms with E-state index in [0.717, 1.165) is 12.1 Å². The van der Waals surface area contributed by atoms with Gasteiger partial charge in [-0.15, -0.1) is 0 Å². The average molecular weight is 520 g/mol. The molecule has 0 unspecified atom stereocenters. The van der Waals surface area contributed by atoms with Crippen molar-refractivity contribution in [1.82, 2.24) is 25.4 Å². The van der Waals surface area contributed by atoms with Gasteiger partial charge in [-0.2, -0.15) is 18.3 Å². The number of pyridine rings is 1. The number of benzene rings is 1. The molecule has 3 aromatic rings. The number of alkyl carbamates (subject to hydrolysis) is 1. The number of nitrogens with zero attached hydrogens (tertiary/aromatic N) is 3. The highest BCUT2D eigenvalue weighted by atomic mass is 19.4. The predicted molar refractivity (Wildman–Crippen MR) is 129 cm³/mol. The van der Waals surface area contributed by atoms with Crippen molar-refractivity contribution in [3.63, 3.8) is 0 Å². The molecule has 9 nitrogen and oxygen atoms in total. The van der Waals surface area contributed by atoms with Crippen LogP contribution in [0.3, 0.4) is 0 Å². The molecule has 0 fully saturated rings. The lowest BCUT2D eigenvalue weighted by Gasteiger charge is -2.19. The Morgan fingerprint density at radius 2 is 1.70 bits per heavy atom. The number of hydrogen-bond donors (Lipinski definition) is 2. The summed E-state index contributed by atoms with van der Waals surface area (Å²) < 4.78 is 51.0. The largest absolute Gasteiger partial charge is 0.444 e. The molecule has 0 atom stereocenters. The Hall–Kier alpha value is -4.09. The van der Waals surface area contributed by atoms with Crippen LogP contribution < -0.4 is 15.4 Å². The molecular formula is C25H28F3N5O4. The van der Waals surface area contributed by atoms with Gasteiger partial charge in [0.15, 0.2) is 0 Å². The Labute approximate surface area is 212 Å². The number of nitrogens with one attached hydrogen (secondary N) is 2. The molecule has 2 N–H and O–H groups in total. The molecule has 1 aromatic carbocycles. The lowest BCUT2D eigenvalue weighted by atomic mass is 10.1. The third-order valence-corrected chi connectivity index (χ3v) is 4.81. The summed E-state index contributed by atoms with van der Waals surface area (Å²) in [5, 5.41) is 9.69. The molecule has 3 rings (SSSR count). The minimum Gasteiger partial charge on any atom is -0.444 e. The van der Waals surface area contributed by atoms with Gasteiger partial charge in [0, 0.05) is 32.5 Å². The molecule has 0 spiro atoms. The van der Waals surface area contributed by atoms with Crippen LogP contribution >= 0.6 is 0 Å². The van der Waals surface area contributed by atoms with Crippen molar-refractivity contribution in [3.05, 3.63) is 59.9 Å². The highest BCUT2D eigenvalue weighted by Gasteiger charge is 2.30. The molecule has 198 valence electrons. The molecule has 0 saturated carbocycles. The Kier molecular flexibility index (Phi) is 8.41. The highest BCUT2D eigenvalue weighted by molar-refractivity contribution is 5.95. The van der Waals surface area contributed by atoms with E-state index in [9.17, 15) is 22.8 Å². The third kappa shape index (κ3) is 8.23. The van der Waals surface area contributed by atoms with Gasteiger partial charge in [0.1, 0.15) is 11.4 Å². The molecule has 0 aliphatic rings. The van der Waals surface area contributed by atoms with Crippen LogP contribution in [0.4, 0.5) is 18.0 Å². The quantitative estimate of drug-likeness (QED) is 0.409. The summed E-state index contributed by atoms with van der Waals surface area (Å²) in [7, 11) is 1.72. The number of hydrogen-bond acceptors (Lipinski definition) is 6. The summed E-state index contributed by atoms with van der Waals surface area (Å²) in [6.07, 6.45) is -1.52. The number of carbonyl (C=O) groups excluding carboxylic acids is 2. The molecule has 2 aromatic heterocycles.